The largest absolute Gasteiger partial charge is 0.456 e. The van der Waals surface area contributed by atoms with Crippen LogP contribution in [0.4, 0.5) is 0 Å². The standard InChI is InChI=1S/C48H28O/c1-3-13-27(14-4-1)41-37-25-36-30-18-8-7-17-29(30)31-20-11-22-34(43(31)36)46(37)42(28-15-5-2-6-16-28)48-38-26-40-45(32-19-9-10-24-39(32)49-40)33-21-12-23-35(44(33)38)47(41)48/h1-6,8-16,18-26H,7,17H2. The van der Waals surface area contributed by atoms with Crippen LogP contribution in [-0.2, 0) is 6.42 Å². The van der Waals surface area contributed by atoms with Crippen LogP contribution in [0.5, 0.6) is 0 Å². The molecule has 0 aliphatic heterocycles. The number of aryl methyl sites for hydroxylation is 1. The number of para-hydroxylation sites is 1. The lowest BCUT2D eigenvalue weighted by Gasteiger charge is -2.19. The quantitative estimate of drug-likeness (QED) is 0.175. The third-order valence-corrected chi connectivity index (χ3v) is 11.4. The summed E-state index contributed by atoms with van der Waals surface area (Å²) in [6, 6.07) is 49.4. The van der Waals surface area contributed by atoms with Gasteiger partial charge in [0, 0.05) is 10.8 Å². The molecule has 10 aromatic carbocycles. The highest BCUT2D eigenvalue weighted by atomic mass is 16.3. The summed E-state index contributed by atoms with van der Waals surface area (Å²) in [4.78, 5) is 0. The Bertz CT molecular complexity index is 3180. The highest BCUT2D eigenvalue weighted by Gasteiger charge is 2.28. The van der Waals surface area contributed by atoms with Gasteiger partial charge in [0.05, 0.1) is 0 Å². The Kier molecular flexibility index (Phi) is 4.88. The minimum Gasteiger partial charge on any atom is -0.456 e. The van der Waals surface area contributed by atoms with Gasteiger partial charge in [-0.1, -0.05) is 127 Å². The summed E-state index contributed by atoms with van der Waals surface area (Å²) >= 11 is 0. The Labute approximate surface area is 282 Å². The van der Waals surface area contributed by atoms with E-state index in [0.717, 1.165) is 24.0 Å². The van der Waals surface area contributed by atoms with Crippen molar-refractivity contribution >= 4 is 92.6 Å². The topological polar surface area (TPSA) is 13.1 Å². The predicted octanol–water partition coefficient (Wildman–Crippen LogP) is 13.7. The van der Waals surface area contributed by atoms with E-state index in [0.29, 0.717) is 0 Å². The van der Waals surface area contributed by atoms with Gasteiger partial charge in [0.2, 0.25) is 0 Å². The molecule has 0 bridgehead atoms. The minimum atomic E-state index is 0.934. The second kappa shape index (κ2) is 9.24. The van der Waals surface area contributed by atoms with Crippen molar-refractivity contribution in [3.8, 4) is 22.3 Å². The van der Waals surface area contributed by atoms with E-state index in [4.69, 9.17) is 4.42 Å². The van der Waals surface area contributed by atoms with Gasteiger partial charge in [0.1, 0.15) is 11.2 Å². The van der Waals surface area contributed by atoms with Gasteiger partial charge < -0.3 is 4.42 Å². The molecule has 0 spiro atoms. The summed E-state index contributed by atoms with van der Waals surface area (Å²) < 4.78 is 6.64. The third-order valence-electron chi connectivity index (χ3n) is 11.4. The smallest absolute Gasteiger partial charge is 0.136 e. The summed E-state index contributed by atoms with van der Waals surface area (Å²) in [6.45, 7) is 0. The molecule has 0 amide bonds. The van der Waals surface area contributed by atoms with Crippen LogP contribution in [0.25, 0.3) is 115 Å². The molecule has 0 unspecified atom stereocenters. The number of hydrogen-bond acceptors (Lipinski definition) is 1. The van der Waals surface area contributed by atoms with Crippen LogP contribution >= 0.6 is 0 Å². The average Bonchev–Trinajstić information content (AvgIpc) is 3.81. The molecule has 11 aromatic rings. The first-order valence-electron chi connectivity index (χ1n) is 17.3. The fourth-order valence-corrected chi connectivity index (χ4v) is 9.56. The Balaban J connectivity index is 1.44. The number of benzene rings is 8. The summed E-state index contributed by atoms with van der Waals surface area (Å²) in [5.41, 5.74) is 9.88. The van der Waals surface area contributed by atoms with Crippen molar-refractivity contribution in [1.29, 1.82) is 0 Å². The van der Waals surface area contributed by atoms with Crippen molar-refractivity contribution in [3.05, 3.63) is 151 Å². The normalized spacial score (nSPS) is 13.5. The lowest BCUT2D eigenvalue weighted by Crippen LogP contribution is -1.91. The molecule has 1 heterocycles. The van der Waals surface area contributed by atoms with Crippen LogP contribution in [0.3, 0.4) is 0 Å². The lowest BCUT2D eigenvalue weighted by molar-refractivity contribution is 0.669. The molecule has 1 aliphatic rings. The van der Waals surface area contributed by atoms with Gasteiger partial charge >= 0.3 is 0 Å². The molecule has 226 valence electrons. The molecule has 0 N–H and O–H groups in total. The van der Waals surface area contributed by atoms with Crippen LogP contribution in [-0.4, -0.2) is 0 Å². The molecule has 0 saturated carbocycles. The van der Waals surface area contributed by atoms with Crippen molar-refractivity contribution in [1.82, 2.24) is 0 Å². The highest BCUT2D eigenvalue weighted by Crippen LogP contribution is 2.55. The van der Waals surface area contributed by atoms with E-state index in [9.17, 15) is 0 Å². The zero-order valence-electron chi connectivity index (χ0n) is 26.7. The molecular formula is C48H28O. The number of fused-ring (bicyclic) bond motifs is 12. The first-order chi connectivity index (χ1) is 24.3. The molecule has 0 radical (unpaired) electrons. The molecule has 1 heteroatoms. The van der Waals surface area contributed by atoms with Crippen molar-refractivity contribution in [2.45, 2.75) is 12.8 Å². The number of furan rings is 1. The van der Waals surface area contributed by atoms with E-state index in [-0.39, 0.29) is 0 Å². The maximum absolute atomic E-state index is 6.64. The van der Waals surface area contributed by atoms with E-state index in [1.165, 1.54) is 109 Å². The Morgan fingerprint density at radius 1 is 0.388 bits per heavy atom. The average molecular weight is 621 g/mol. The Hall–Kier alpha value is -6.18. The fourth-order valence-electron chi connectivity index (χ4n) is 9.56. The van der Waals surface area contributed by atoms with Crippen molar-refractivity contribution in [2.75, 3.05) is 0 Å². The molecule has 1 nitrogen and oxygen atoms in total. The Morgan fingerprint density at radius 3 is 1.80 bits per heavy atom. The third kappa shape index (κ3) is 3.21. The van der Waals surface area contributed by atoms with Crippen LogP contribution in [0.1, 0.15) is 17.5 Å². The number of hydrogen-bond donors (Lipinski definition) is 0. The summed E-state index contributed by atoms with van der Waals surface area (Å²) in [5.74, 6) is 0. The molecule has 0 atom stereocenters. The molecule has 49 heavy (non-hydrogen) atoms. The van der Waals surface area contributed by atoms with Crippen LogP contribution in [0, 0.1) is 0 Å². The SMILES string of the molecule is C1=Cc2c(c3cccc4c5c(-c6ccccc6)c6c7cc8oc9ccccc9c8c8cccc(c6c(-c6ccccc6)c5cc2c34)c78)CC1. The highest BCUT2D eigenvalue weighted by molar-refractivity contribution is 6.45. The van der Waals surface area contributed by atoms with Gasteiger partial charge in [0.25, 0.3) is 0 Å². The van der Waals surface area contributed by atoms with Crippen LogP contribution < -0.4 is 0 Å². The van der Waals surface area contributed by atoms with E-state index >= 15 is 0 Å². The molecular weight excluding hydrogens is 593 g/mol. The molecule has 1 aromatic heterocycles. The zero-order chi connectivity index (χ0) is 31.8. The van der Waals surface area contributed by atoms with Crippen LogP contribution in [0.15, 0.2) is 144 Å². The van der Waals surface area contributed by atoms with Gasteiger partial charge in [-0.15, -0.1) is 0 Å². The molecule has 0 fully saturated rings. The van der Waals surface area contributed by atoms with E-state index in [1.54, 1.807) is 0 Å². The molecule has 1 aliphatic carbocycles. The van der Waals surface area contributed by atoms with Crippen LogP contribution in [0.2, 0.25) is 0 Å². The van der Waals surface area contributed by atoms with Gasteiger partial charge in [-0.05, 0) is 129 Å². The van der Waals surface area contributed by atoms with Crippen molar-refractivity contribution in [2.24, 2.45) is 0 Å². The van der Waals surface area contributed by atoms with Gasteiger partial charge in [-0.3, -0.25) is 0 Å². The predicted molar refractivity (Wildman–Crippen MR) is 209 cm³/mol. The first kappa shape index (κ1) is 25.9. The lowest BCUT2D eigenvalue weighted by atomic mass is 9.83. The van der Waals surface area contributed by atoms with Crippen molar-refractivity contribution in [3.63, 3.8) is 0 Å². The maximum Gasteiger partial charge on any atom is 0.136 e. The fraction of sp³-hybridized carbons (Fsp3) is 0.0417. The minimum absolute atomic E-state index is 0.934. The molecule has 0 saturated heterocycles. The Morgan fingerprint density at radius 2 is 1.00 bits per heavy atom. The van der Waals surface area contributed by atoms with Gasteiger partial charge in [-0.25, -0.2) is 0 Å². The number of rotatable bonds is 2. The van der Waals surface area contributed by atoms with Crippen molar-refractivity contribution < 1.29 is 4.42 Å². The monoisotopic (exact) mass is 620 g/mol. The van der Waals surface area contributed by atoms with E-state index in [2.05, 4.69) is 146 Å². The summed E-state index contributed by atoms with van der Waals surface area (Å²) in [6.07, 6.45) is 6.92. The molecule has 12 rings (SSSR count). The van der Waals surface area contributed by atoms with Gasteiger partial charge in [0.15, 0.2) is 0 Å². The second-order valence-corrected chi connectivity index (χ2v) is 13.8. The summed E-state index contributed by atoms with van der Waals surface area (Å²) in [7, 11) is 0. The zero-order valence-corrected chi connectivity index (χ0v) is 26.7. The van der Waals surface area contributed by atoms with E-state index < -0.39 is 0 Å². The second-order valence-electron chi connectivity index (χ2n) is 13.8. The maximum atomic E-state index is 6.64. The van der Waals surface area contributed by atoms with Gasteiger partial charge in [-0.2, -0.15) is 0 Å². The summed E-state index contributed by atoms with van der Waals surface area (Å²) in [5, 5.41) is 18.3. The number of allylic oxidation sites excluding steroid dienone is 1. The first-order valence-corrected chi connectivity index (χ1v) is 17.3. The van der Waals surface area contributed by atoms with E-state index in [1.807, 2.05) is 0 Å².